The number of allylic oxidation sites excluding steroid dienone is 1. The third kappa shape index (κ3) is 3.59. The van der Waals surface area contributed by atoms with Crippen molar-refractivity contribution in [3.63, 3.8) is 0 Å². The lowest BCUT2D eigenvalue weighted by molar-refractivity contribution is 0.479. The molecule has 5 rings (SSSR count). The van der Waals surface area contributed by atoms with Gasteiger partial charge in [-0.15, -0.1) is 0 Å². The van der Waals surface area contributed by atoms with Crippen LogP contribution in [0.15, 0.2) is 54.7 Å². The Bertz CT molecular complexity index is 1100. The minimum atomic E-state index is -0.568. The van der Waals surface area contributed by atoms with Gasteiger partial charge < -0.3 is 10.6 Å². The van der Waals surface area contributed by atoms with Crippen molar-refractivity contribution in [3.8, 4) is 11.1 Å². The third-order valence-corrected chi connectivity index (χ3v) is 5.72. The molecule has 6 heteroatoms. The molecule has 1 aliphatic carbocycles. The predicted molar refractivity (Wildman–Crippen MR) is 114 cm³/mol. The first-order chi connectivity index (χ1) is 14.7. The largest absolute Gasteiger partial charge is 0.366 e. The number of anilines is 1. The Labute approximate surface area is 174 Å². The molecule has 1 fully saturated rings. The molecule has 2 aliphatic rings. The fourth-order valence-corrected chi connectivity index (χ4v) is 4.22. The standard InChI is InChI=1S/C24H22F2N4/c25-20-4-1-5-21(26)23(20)16-7-6-15-8-9-18(19(15)13-16)24-28-12-10-22(30-24)29-17-3-2-11-27-14-17/h1,4-7,9-10,12-13,17,27H,2-3,8,11,14H2,(H,28,29,30)/t17-/m1/s1. The molecule has 2 heterocycles. The first kappa shape index (κ1) is 18.9. The average molecular weight is 404 g/mol. The van der Waals surface area contributed by atoms with Crippen LogP contribution < -0.4 is 10.6 Å². The first-order valence-corrected chi connectivity index (χ1v) is 10.3. The van der Waals surface area contributed by atoms with Gasteiger partial charge in [-0.1, -0.05) is 24.3 Å². The summed E-state index contributed by atoms with van der Waals surface area (Å²) in [5, 5.41) is 6.87. The average Bonchev–Trinajstić information content (AvgIpc) is 3.18. The minimum Gasteiger partial charge on any atom is -0.366 e. The van der Waals surface area contributed by atoms with E-state index in [2.05, 4.69) is 21.7 Å². The summed E-state index contributed by atoms with van der Waals surface area (Å²) in [5.74, 6) is 0.275. The second-order valence-corrected chi connectivity index (χ2v) is 7.74. The monoisotopic (exact) mass is 404 g/mol. The normalized spacial score (nSPS) is 18.1. The molecule has 0 amide bonds. The van der Waals surface area contributed by atoms with Gasteiger partial charge in [0.2, 0.25) is 0 Å². The highest BCUT2D eigenvalue weighted by molar-refractivity contribution is 5.84. The summed E-state index contributed by atoms with van der Waals surface area (Å²) in [5.41, 5.74) is 3.43. The topological polar surface area (TPSA) is 49.8 Å². The molecule has 1 aromatic heterocycles. The highest BCUT2D eigenvalue weighted by atomic mass is 19.1. The van der Waals surface area contributed by atoms with Crippen LogP contribution in [0, 0.1) is 11.6 Å². The maximum Gasteiger partial charge on any atom is 0.161 e. The van der Waals surface area contributed by atoms with Crippen molar-refractivity contribution in [1.82, 2.24) is 15.3 Å². The molecule has 4 nitrogen and oxygen atoms in total. The number of hydrogen-bond acceptors (Lipinski definition) is 4. The van der Waals surface area contributed by atoms with E-state index in [1.807, 2.05) is 18.2 Å². The number of fused-ring (bicyclic) bond motifs is 1. The Kier molecular flexibility index (Phi) is 5.01. The summed E-state index contributed by atoms with van der Waals surface area (Å²) in [6.07, 6.45) is 6.82. The molecule has 0 radical (unpaired) electrons. The van der Waals surface area contributed by atoms with Crippen LogP contribution in [-0.2, 0) is 6.42 Å². The molecule has 2 N–H and O–H groups in total. The van der Waals surface area contributed by atoms with Gasteiger partial charge >= 0.3 is 0 Å². The quantitative estimate of drug-likeness (QED) is 0.669. The molecular weight excluding hydrogens is 382 g/mol. The van der Waals surface area contributed by atoms with Gasteiger partial charge in [0, 0.05) is 24.4 Å². The van der Waals surface area contributed by atoms with Crippen LogP contribution in [0.5, 0.6) is 0 Å². The molecule has 1 aliphatic heterocycles. The fourth-order valence-electron chi connectivity index (χ4n) is 4.22. The van der Waals surface area contributed by atoms with E-state index in [-0.39, 0.29) is 5.56 Å². The Hall–Kier alpha value is -3.12. The maximum atomic E-state index is 14.3. The lowest BCUT2D eigenvalue weighted by atomic mass is 9.97. The number of nitrogens with zero attached hydrogens (tertiary/aromatic N) is 2. The Morgan fingerprint density at radius 2 is 1.93 bits per heavy atom. The van der Waals surface area contributed by atoms with E-state index >= 15 is 0 Å². The first-order valence-electron chi connectivity index (χ1n) is 10.3. The van der Waals surface area contributed by atoms with Crippen molar-refractivity contribution in [2.75, 3.05) is 18.4 Å². The molecule has 30 heavy (non-hydrogen) atoms. The van der Waals surface area contributed by atoms with Crippen molar-refractivity contribution in [2.24, 2.45) is 0 Å². The van der Waals surface area contributed by atoms with E-state index in [0.717, 1.165) is 54.9 Å². The smallest absolute Gasteiger partial charge is 0.161 e. The summed E-state index contributed by atoms with van der Waals surface area (Å²) in [6.45, 7) is 1.98. The van der Waals surface area contributed by atoms with Crippen LogP contribution in [-0.4, -0.2) is 29.1 Å². The summed E-state index contributed by atoms with van der Waals surface area (Å²) in [7, 11) is 0. The van der Waals surface area contributed by atoms with E-state index < -0.39 is 11.6 Å². The van der Waals surface area contributed by atoms with Gasteiger partial charge in [-0.05, 0) is 66.8 Å². The molecular formula is C24H22F2N4. The van der Waals surface area contributed by atoms with Crippen LogP contribution in [0.4, 0.5) is 14.6 Å². The number of aromatic nitrogens is 2. The van der Waals surface area contributed by atoms with Gasteiger partial charge in [0.15, 0.2) is 5.82 Å². The van der Waals surface area contributed by atoms with Gasteiger partial charge in [-0.25, -0.2) is 18.7 Å². The Morgan fingerprint density at radius 1 is 1.07 bits per heavy atom. The van der Waals surface area contributed by atoms with Crippen LogP contribution in [0.25, 0.3) is 16.7 Å². The summed E-state index contributed by atoms with van der Waals surface area (Å²) in [6, 6.07) is 11.7. The number of benzene rings is 2. The summed E-state index contributed by atoms with van der Waals surface area (Å²) >= 11 is 0. The van der Waals surface area contributed by atoms with E-state index in [9.17, 15) is 8.78 Å². The zero-order valence-corrected chi connectivity index (χ0v) is 16.5. The van der Waals surface area contributed by atoms with Crippen molar-refractivity contribution >= 4 is 11.4 Å². The number of rotatable bonds is 4. The molecule has 1 atom stereocenters. The number of hydrogen-bond donors (Lipinski definition) is 2. The molecule has 2 aromatic carbocycles. The minimum absolute atomic E-state index is 0.00677. The number of nitrogens with one attached hydrogen (secondary N) is 2. The second kappa shape index (κ2) is 7.95. The van der Waals surface area contributed by atoms with Crippen LogP contribution in [0.3, 0.4) is 0 Å². The highest BCUT2D eigenvalue weighted by Gasteiger charge is 2.21. The van der Waals surface area contributed by atoms with Crippen LogP contribution in [0.1, 0.15) is 29.8 Å². The van der Waals surface area contributed by atoms with E-state index in [1.165, 1.54) is 18.2 Å². The number of halogens is 2. The lowest BCUT2D eigenvalue weighted by Gasteiger charge is -2.24. The zero-order chi connectivity index (χ0) is 20.5. The second-order valence-electron chi connectivity index (χ2n) is 7.74. The van der Waals surface area contributed by atoms with Crippen molar-refractivity contribution in [3.05, 3.63) is 83.3 Å². The fraction of sp³-hybridized carbons (Fsp3) is 0.250. The molecule has 152 valence electrons. The van der Waals surface area contributed by atoms with Gasteiger partial charge in [-0.2, -0.15) is 0 Å². The molecule has 1 saturated heterocycles. The van der Waals surface area contributed by atoms with E-state index in [1.54, 1.807) is 12.3 Å². The SMILES string of the molecule is Fc1cccc(F)c1-c1ccc2c(c1)C(c1nccc(N[C@@H]3CCCNC3)n1)=CC2. The molecule has 0 saturated carbocycles. The zero-order valence-electron chi connectivity index (χ0n) is 16.5. The highest BCUT2D eigenvalue weighted by Crippen LogP contribution is 2.36. The van der Waals surface area contributed by atoms with Crippen LogP contribution in [0.2, 0.25) is 0 Å². The summed E-state index contributed by atoms with van der Waals surface area (Å²) in [4.78, 5) is 9.19. The van der Waals surface area contributed by atoms with E-state index in [0.29, 0.717) is 17.4 Å². The third-order valence-electron chi connectivity index (χ3n) is 5.72. The van der Waals surface area contributed by atoms with Crippen LogP contribution >= 0.6 is 0 Å². The molecule has 0 unspecified atom stereocenters. The lowest BCUT2D eigenvalue weighted by Crippen LogP contribution is -2.38. The van der Waals surface area contributed by atoms with Crippen molar-refractivity contribution < 1.29 is 8.78 Å². The van der Waals surface area contributed by atoms with Gasteiger partial charge in [0.05, 0.1) is 5.56 Å². The van der Waals surface area contributed by atoms with Gasteiger partial charge in [0.25, 0.3) is 0 Å². The maximum absolute atomic E-state index is 14.3. The predicted octanol–water partition coefficient (Wildman–Crippen LogP) is 4.57. The summed E-state index contributed by atoms with van der Waals surface area (Å²) < 4.78 is 28.6. The molecule has 0 spiro atoms. The van der Waals surface area contributed by atoms with Gasteiger partial charge in [0.1, 0.15) is 17.5 Å². The number of piperidine rings is 1. The van der Waals surface area contributed by atoms with E-state index in [4.69, 9.17) is 4.98 Å². The molecule has 3 aromatic rings. The Balaban J connectivity index is 1.47. The molecule has 0 bridgehead atoms. The Morgan fingerprint density at radius 3 is 2.73 bits per heavy atom. The van der Waals surface area contributed by atoms with Crippen molar-refractivity contribution in [1.29, 1.82) is 0 Å². The van der Waals surface area contributed by atoms with Crippen molar-refractivity contribution in [2.45, 2.75) is 25.3 Å². The van der Waals surface area contributed by atoms with Gasteiger partial charge in [-0.3, -0.25) is 0 Å².